The second-order valence-corrected chi connectivity index (χ2v) is 8.29. The van der Waals surface area contributed by atoms with E-state index in [0.29, 0.717) is 19.0 Å². The number of hydrogen-bond donors (Lipinski definition) is 1. The van der Waals surface area contributed by atoms with Crippen molar-refractivity contribution in [2.75, 3.05) is 26.2 Å². The SMILES string of the molecule is CC(C)COc1ccc(CCNC(=O)C2CCCN(C(=O)C3CC3)C2)cc1. The molecule has 1 saturated heterocycles. The minimum atomic E-state index is -0.0618. The first kappa shape index (κ1) is 19.7. The van der Waals surface area contributed by atoms with E-state index in [2.05, 4.69) is 31.3 Å². The van der Waals surface area contributed by atoms with Crippen LogP contribution in [0.15, 0.2) is 24.3 Å². The Morgan fingerprint density at radius 3 is 2.56 bits per heavy atom. The Hall–Kier alpha value is -2.04. The van der Waals surface area contributed by atoms with Gasteiger partial charge < -0.3 is 15.0 Å². The van der Waals surface area contributed by atoms with Gasteiger partial charge in [-0.15, -0.1) is 0 Å². The highest BCUT2D eigenvalue weighted by Gasteiger charge is 2.36. The van der Waals surface area contributed by atoms with Gasteiger partial charge in [0.05, 0.1) is 12.5 Å². The first-order valence-electron chi connectivity index (χ1n) is 10.3. The van der Waals surface area contributed by atoms with E-state index < -0.39 is 0 Å². The van der Waals surface area contributed by atoms with Crippen molar-refractivity contribution in [3.63, 3.8) is 0 Å². The standard InChI is InChI=1S/C22H32N2O3/c1-16(2)15-27-20-9-5-17(6-10-20)11-12-23-21(25)19-4-3-13-24(14-19)22(26)18-7-8-18/h5-6,9-10,16,18-19H,3-4,7-8,11-15H2,1-2H3,(H,23,25). The van der Waals surface area contributed by atoms with Crippen molar-refractivity contribution in [2.45, 2.75) is 46.0 Å². The molecule has 1 saturated carbocycles. The molecular formula is C22H32N2O3. The van der Waals surface area contributed by atoms with Gasteiger partial charge in [0.25, 0.3) is 0 Å². The lowest BCUT2D eigenvalue weighted by atomic mass is 9.96. The van der Waals surface area contributed by atoms with Crippen molar-refractivity contribution >= 4 is 11.8 Å². The summed E-state index contributed by atoms with van der Waals surface area (Å²) >= 11 is 0. The third-order valence-electron chi connectivity index (χ3n) is 5.25. The Bertz CT molecular complexity index is 637. The number of carbonyl (C=O) groups is 2. The maximum absolute atomic E-state index is 12.5. The lowest BCUT2D eigenvalue weighted by Crippen LogP contribution is -2.46. The third kappa shape index (κ3) is 5.98. The average Bonchev–Trinajstić information content (AvgIpc) is 3.52. The summed E-state index contributed by atoms with van der Waals surface area (Å²) in [4.78, 5) is 26.6. The van der Waals surface area contributed by atoms with Gasteiger partial charge in [-0.05, 0) is 55.7 Å². The molecule has 5 nitrogen and oxygen atoms in total. The summed E-state index contributed by atoms with van der Waals surface area (Å²) in [5.74, 6) is 1.91. The monoisotopic (exact) mass is 372 g/mol. The normalized spacial score (nSPS) is 19.8. The van der Waals surface area contributed by atoms with Crippen molar-refractivity contribution in [1.82, 2.24) is 10.2 Å². The molecule has 148 valence electrons. The maximum atomic E-state index is 12.5. The Morgan fingerprint density at radius 1 is 1.15 bits per heavy atom. The van der Waals surface area contributed by atoms with Crippen LogP contribution in [-0.4, -0.2) is 43.0 Å². The third-order valence-corrected chi connectivity index (χ3v) is 5.25. The molecule has 1 aliphatic heterocycles. The van der Waals surface area contributed by atoms with Crippen molar-refractivity contribution in [1.29, 1.82) is 0 Å². The molecule has 1 aromatic carbocycles. The number of nitrogens with zero attached hydrogens (tertiary/aromatic N) is 1. The summed E-state index contributed by atoms with van der Waals surface area (Å²) in [6.45, 7) is 7.00. The molecule has 3 rings (SSSR count). The second-order valence-electron chi connectivity index (χ2n) is 8.29. The first-order chi connectivity index (χ1) is 13.0. The number of rotatable bonds is 8. The van der Waals surface area contributed by atoms with Gasteiger partial charge in [-0.2, -0.15) is 0 Å². The zero-order valence-corrected chi connectivity index (χ0v) is 16.6. The number of carbonyl (C=O) groups excluding carboxylic acids is 2. The minimum absolute atomic E-state index is 0.0618. The Morgan fingerprint density at radius 2 is 1.89 bits per heavy atom. The van der Waals surface area contributed by atoms with Crippen LogP contribution in [0.2, 0.25) is 0 Å². The fraction of sp³-hybridized carbons (Fsp3) is 0.636. The predicted molar refractivity (Wildman–Crippen MR) is 106 cm³/mol. The topological polar surface area (TPSA) is 58.6 Å². The summed E-state index contributed by atoms with van der Waals surface area (Å²) in [6.07, 6.45) is 4.64. The number of hydrogen-bond acceptors (Lipinski definition) is 3. The highest BCUT2D eigenvalue weighted by Crippen LogP contribution is 2.32. The zero-order valence-electron chi connectivity index (χ0n) is 16.6. The van der Waals surface area contributed by atoms with Crippen LogP contribution in [-0.2, 0) is 16.0 Å². The van der Waals surface area contributed by atoms with Gasteiger partial charge >= 0.3 is 0 Å². The van der Waals surface area contributed by atoms with Gasteiger partial charge in [0.1, 0.15) is 5.75 Å². The van der Waals surface area contributed by atoms with E-state index in [1.165, 1.54) is 5.56 Å². The average molecular weight is 373 g/mol. The van der Waals surface area contributed by atoms with Crippen LogP contribution in [0, 0.1) is 17.8 Å². The summed E-state index contributed by atoms with van der Waals surface area (Å²) in [5, 5.41) is 3.05. The molecule has 5 heteroatoms. The molecule has 1 atom stereocenters. The van der Waals surface area contributed by atoms with Crippen LogP contribution in [0.3, 0.4) is 0 Å². The molecule has 1 N–H and O–H groups in total. The molecule has 1 heterocycles. The van der Waals surface area contributed by atoms with Crippen LogP contribution >= 0.6 is 0 Å². The Kier molecular flexibility index (Phi) is 6.75. The summed E-state index contributed by atoms with van der Waals surface area (Å²) in [5.41, 5.74) is 1.18. The van der Waals surface area contributed by atoms with Gasteiger partial charge in [0.2, 0.25) is 11.8 Å². The molecule has 1 aromatic rings. The molecule has 27 heavy (non-hydrogen) atoms. The van der Waals surface area contributed by atoms with E-state index >= 15 is 0 Å². The van der Waals surface area contributed by atoms with Gasteiger partial charge in [-0.3, -0.25) is 9.59 Å². The Labute approximate surface area is 162 Å². The number of ether oxygens (including phenoxy) is 1. The first-order valence-corrected chi connectivity index (χ1v) is 10.3. The molecule has 2 fully saturated rings. The van der Waals surface area contributed by atoms with Crippen LogP contribution in [0.5, 0.6) is 5.75 Å². The highest BCUT2D eigenvalue weighted by molar-refractivity contribution is 5.83. The number of likely N-dealkylation sites (tertiary alicyclic amines) is 1. The van der Waals surface area contributed by atoms with Crippen LogP contribution in [0.1, 0.15) is 45.1 Å². The Balaban J connectivity index is 1.39. The highest BCUT2D eigenvalue weighted by atomic mass is 16.5. The molecule has 0 aromatic heterocycles. The minimum Gasteiger partial charge on any atom is -0.493 e. The van der Waals surface area contributed by atoms with Crippen LogP contribution in [0.25, 0.3) is 0 Å². The number of benzene rings is 1. The van der Waals surface area contributed by atoms with E-state index in [-0.39, 0.29) is 23.7 Å². The number of nitrogens with one attached hydrogen (secondary N) is 1. The van der Waals surface area contributed by atoms with Crippen molar-refractivity contribution in [2.24, 2.45) is 17.8 Å². The molecule has 1 aliphatic carbocycles. The van der Waals surface area contributed by atoms with Crippen molar-refractivity contribution < 1.29 is 14.3 Å². The van der Waals surface area contributed by atoms with E-state index in [0.717, 1.165) is 51.0 Å². The molecule has 0 bridgehead atoms. The van der Waals surface area contributed by atoms with E-state index in [1.807, 2.05) is 17.0 Å². The molecule has 1 unspecified atom stereocenters. The van der Waals surface area contributed by atoms with Gasteiger partial charge in [0, 0.05) is 25.6 Å². The van der Waals surface area contributed by atoms with Gasteiger partial charge in [-0.25, -0.2) is 0 Å². The predicted octanol–water partition coefficient (Wildman–Crippen LogP) is 3.03. The fourth-order valence-corrected chi connectivity index (χ4v) is 3.47. The molecule has 0 spiro atoms. The van der Waals surface area contributed by atoms with Crippen molar-refractivity contribution in [3.05, 3.63) is 29.8 Å². The van der Waals surface area contributed by atoms with Gasteiger partial charge in [0.15, 0.2) is 0 Å². The van der Waals surface area contributed by atoms with Crippen LogP contribution < -0.4 is 10.1 Å². The summed E-state index contributed by atoms with van der Waals surface area (Å²) in [7, 11) is 0. The number of amides is 2. The number of piperidine rings is 1. The van der Waals surface area contributed by atoms with Gasteiger partial charge in [-0.1, -0.05) is 26.0 Å². The summed E-state index contributed by atoms with van der Waals surface area (Å²) < 4.78 is 5.69. The molecule has 2 aliphatic rings. The molecular weight excluding hydrogens is 340 g/mol. The smallest absolute Gasteiger partial charge is 0.225 e. The molecule has 2 amide bonds. The van der Waals surface area contributed by atoms with Crippen molar-refractivity contribution in [3.8, 4) is 5.75 Å². The lowest BCUT2D eigenvalue weighted by Gasteiger charge is -2.32. The summed E-state index contributed by atoms with van der Waals surface area (Å²) in [6, 6.07) is 8.08. The maximum Gasteiger partial charge on any atom is 0.225 e. The quantitative estimate of drug-likeness (QED) is 0.763. The van der Waals surface area contributed by atoms with E-state index in [9.17, 15) is 9.59 Å². The lowest BCUT2D eigenvalue weighted by molar-refractivity contribution is -0.136. The van der Waals surface area contributed by atoms with Crippen LogP contribution in [0.4, 0.5) is 0 Å². The van der Waals surface area contributed by atoms with E-state index in [4.69, 9.17) is 4.74 Å². The molecule has 0 radical (unpaired) electrons. The fourth-order valence-electron chi connectivity index (χ4n) is 3.47. The second kappa shape index (κ2) is 9.25. The zero-order chi connectivity index (χ0) is 19.2. The largest absolute Gasteiger partial charge is 0.493 e. The van der Waals surface area contributed by atoms with E-state index in [1.54, 1.807) is 0 Å².